The minimum Gasteiger partial charge on any atom is -0.497 e. The maximum Gasteiger partial charge on any atom is 0.154 e. The van der Waals surface area contributed by atoms with Crippen molar-refractivity contribution in [3.63, 3.8) is 0 Å². The van der Waals surface area contributed by atoms with E-state index in [0.717, 1.165) is 51.7 Å². The molecule has 2 heterocycles. The van der Waals surface area contributed by atoms with E-state index in [0.29, 0.717) is 6.61 Å². The van der Waals surface area contributed by atoms with E-state index in [4.69, 9.17) is 14.5 Å². The summed E-state index contributed by atoms with van der Waals surface area (Å²) in [6.45, 7) is 2.49. The molecular formula is C24H21N3O2. The predicted octanol–water partition coefficient (Wildman–Crippen LogP) is 4.72. The van der Waals surface area contributed by atoms with Gasteiger partial charge in [0.25, 0.3) is 0 Å². The summed E-state index contributed by atoms with van der Waals surface area (Å²) in [4.78, 5) is 4.74. The molecule has 5 rings (SSSR count). The quantitative estimate of drug-likeness (QED) is 0.500. The van der Waals surface area contributed by atoms with Crippen molar-refractivity contribution in [1.29, 1.82) is 0 Å². The van der Waals surface area contributed by atoms with Crippen molar-refractivity contribution in [3.8, 4) is 11.5 Å². The molecule has 2 aromatic heterocycles. The standard InChI is InChI=1S/C24H21N3O2/c1-16-8-9-24-25-22(14-27(24)26-16)19-10-18-11-20(28-2)13-23(21(18)12-19)29-15-17-6-4-3-5-7-17/h3-9,11-14H,10,15H2,1-2H3. The summed E-state index contributed by atoms with van der Waals surface area (Å²) in [6.07, 6.45) is 4.95. The van der Waals surface area contributed by atoms with Crippen molar-refractivity contribution in [1.82, 2.24) is 14.6 Å². The van der Waals surface area contributed by atoms with E-state index < -0.39 is 0 Å². The van der Waals surface area contributed by atoms with Gasteiger partial charge in [0, 0.05) is 18.1 Å². The lowest BCUT2D eigenvalue weighted by Gasteiger charge is -2.12. The number of benzene rings is 2. The minimum atomic E-state index is 0.515. The van der Waals surface area contributed by atoms with E-state index in [1.54, 1.807) is 7.11 Å². The third kappa shape index (κ3) is 3.36. The van der Waals surface area contributed by atoms with Crippen molar-refractivity contribution in [2.75, 3.05) is 7.11 Å². The summed E-state index contributed by atoms with van der Waals surface area (Å²) in [6, 6.07) is 18.2. The highest BCUT2D eigenvalue weighted by Gasteiger charge is 2.21. The first-order valence-corrected chi connectivity index (χ1v) is 9.61. The van der Waals surface area contributed by atoms with Gasteiger partial charge >= 0.3 is 0 Å². The first-order chi connectivity index (χ1) is 14.2. The highest BCUT2D eigenvalue weighted by atomic mass is 16.5. The molecule has 5 heteroatoms. The van der Waals surface area contributed by atoms with Crippen LogP contribution in [0.2, 0.25) is 0 Å². The largest absolute Gasteiger partial charge is 0.497 e. The van der Waals surface area contributed by atoms with Crippen LogP contribution in [0.1, 0.15) is 28.1 Å². The van der Waals surface area contributed by atoms with Crippen LogP contribution in [-0.4, -0.2) is 21.7 Å². The Hall–Kier alpha value is -3.60. The topological polar surface area (TPSA) is 48.7 Å². The second kappa shape index (κ2) is 7.09. The van der Waals surface area contributed by atoms with Crippen molar-refractivity contribution >= 4 is 17.3 Å². The van der Waals surface area contributed by atoms with Gasteiger partial charge in [-0.1, -0.05) is 30.3 Å². The number of aryl methyl sites for hydroxylation is 1. The molecule has 29 heavy (non-hydrogen) atoms. The molecule has 0 amide bonds. The summed E-state index contributed by atoms with van der Waals surface area (Å²) in [7, 11) is 1.68. The smallest absolute Gasteiger partial charge is 0.154 e. The van der Waals surface area contributed by atoms with Crippen LogP contribution in [0.5, 0.6) is 11.5 Å². The first-order valence-electron chi connectivity index (χ1n) is 9.61. The fourth-order valence-corrected chi connectivity index (χ4v) is 3.67. The van der Waals surface area contributed by atoms with E-state index in [1.165, 1.54) is 5.56 Å². The van der Waals surface area contributed by atoms with Gasteiger partial charge < -0.3 is 9.47 Å². The first kappa shape index (κ1) is 17.5. The van der Waals surface area contributed by atoms with Crippen LogP contribution in [0.15, 0.2) is 60.8 Å². The van der Waals surface area contributed by atoms with Gasteiger partial charge in [-0.3, -0.25) is 0 Å². The number of rotatable bonds is 5. The van der Waals surface area contributed by atoms with Crippen LogP contribution in [0.4, 0.5) is 0 Å². The second-order valence-corrected chi connectivity index (χ2v) is 7.22. The Morgan fingerprint density at radius 3 is 2.76 bits per heavy atom. The molecule has 0 N–H and O–H groups in total. The molecule has 0 saturated heterocycles. The molecule has 0 atom stereocenters. The summed E-state index contributed by atoms with van der Waals surface area (Å²) in [5, 5.41) is 4.51. The van der Waals surface area contributed by atoms with Crippen LogP contribution in [0.25, 0.3) is 17.3 Å². The number of imidazole rings is 1. The summed E-state index contributed by atoms with van der Waals surface area (Å²) in [5.41, 5.74) is 7.31. The zero-order chi connectivity index (χ0) is 19.8. The van der Waals surface area contributed by atoms with Crippen LogP contribution in [0, 0.1) is 6.92 Å². The van der Waals surface area contributed by atoms with Gasteiger partial charge in [0.15, 0.2) is 5.65 Å². The molecule has 4 aromatic rings. The monoisotopic (exact) mass is 383 g/mol. The van der Waals surface area contributed by atoms with E-state index in [1.807, 2.05) is 54.0 Å². The van der Waals surface area contributed by atoms with Crippen LogP contribution in [0.3, 0.4) is 0 Å². The summed E-state index contributed by atoms with van der Waals surface area (Å²) >= 11 is 0. The fraction of sp³-hybridized carbons (Fsp3) is 0.167. The Labute approximate surface area is 169 Å². The Bertz CT molecular complexity index is 1230. The number of ether oxygens (including phenoxy) is 2. The van der Waals surface area contributed by atoms with Crippen molar-refractivity contribution < 1.29 is 9.47 Å². The minimum absolute atomic E-state index is 0.515. The highest BCUT2D eigenvalue weighted by Crippen LogP contribution is 2.39. The molecule has 0 fully saturated rings. The van der Waals surface area contributed by atoms with Gasteiger partial charge in [-0.15, -0.1) is 0 Å². The van der Waals surface area contributed by atoms with Gasteiger partial charge in [-0.2, -0.15) is 5.10 Å². The van der Waals surface area contributed by atoms with Gasteiger partial charge in [-0.25, -0.2) is 9.50 Å². The van der Waals surface area contributed by atoms with Crippen LogP contribution >= 0.6 is 0 Å². The molecule has 2 aromatic carbocycles. The average Bonchev–Trinajstić information content (AvgIpc) is 3.36. The number of methoxy groups -OCH3 is 1. The average molecular weight is 383 g/mol. The summed E-state index contributed by atoms with van der Waals surface area (Å²) in [5.74, 6) is 1.63. The van der Waals surface area contributed by atoms with E-state index in [9.17, 15) is 0 Å². The SMILES string of the molecule is COc1cc2c(c(OCc3ccccc3)c1)C=C(c1cn3nc(C)ccc3n1)C2. The van der Waals surface area contributed by atoms with E-state index >= 15 is 0 Å². The predicted molar refractivity (Wildman–Crippen MR) is 113 cm³/mol. The van der Waals surface area contributed by atoms with Gasteiger partial charge in [-0.05, 0) is 47.9 Å². The van der Waals surface area contributed by atoms with E-state index in [2.05, 4.69) is 29.4 Å². The third-order valence-electron chi connectivity index (χ3n) is 5.16. The molecule has 144 valence electrons. The lowest BCUT2D eigenvalue weighted by Crippen LogP contribution is -1.98. The normalized spacial score (nSPS) is 12.7. The van der Waals surface area contributed by atoms with Gasteiger partial charge in [0.05, 0.1) is 24.7 Å². The van der Waals surface area contributed by atoms with Crippen molar-refractivity contribution in [3.05, 3.63) is 88.9 Å². The number of hydrogen-bond acceptors (Lipinski definition) is 4. The van der Waals surface area contributed by atoms with Crippen molar-refractivity contribution in [2.45, 2.75) is 20.0 Å². The molecule has 0 radical (unpaired) electrons. The van der Waals surface area contributed by atoms with Crippen LogP contribution < -0.4 is 9.47 Å². The molecule has 1 aliphatic carbocycles. The summed E-state index contributed by atoms with van der Waals surface area (Å²) < 4.78 is 13.5. The lowest BCUT2D eigenvalue weighted by molar-refractivity contribution is 0.303. The van der Waals surface area contributed by atoms with Crippen LogP contribution in [-0.2, 0) is 13.0 Å². The number of nitrogens with zero attached hydrogens (tertiary/aromatic N) is 3. The second-order valence-electron chi connectivity index (χ2n) is 7.22. The highest BCUT2D eigenvalue weighted by molar-refractivity contribution is 5.90. The molecule has 0 saturated carbocycles. The number of aromatic nitrogens is 3. The number of allylic oxidation sites excluding steroid dienone is 1. The fourth-order valence-electron chi connectivity index (χ4n) is 3.67. The van der Waals surface area contributed by atoms with Crippen molar-refractivity contribution in [2.24, 2.45) is 0 Å². The van der Waals surface area contributed by atoms with E-state index in [-0.39, 0.29) is 0 Å². The maximum atomic E-state index is 6.17. The maximum absolute atomic E-state index is 6.17. The Kier molecular flexibility index (Phi) is 4.28. The molecule has 0 spiro atoms. The Morgan fingerprint density at radius 1 is 1.07 bits per heavy atom. The third-order valence-corrected chi connectivity index (χ3v) is 5.16. The zero-order valence-electron chi connectivity index (χ0n) is 16.4. The molecule has 0 unspecified atom stereocenters. The zero-order valence-corrected chi connectivity index (χ0v) is 16.4. The lowest BCUT2D eigenvalue weighted by atomic mass is 10.1. The van der Waals surface area contributed by atoms with Gasteiger partial charge in [0.2, 0.25) is 0 Å². The molecule has 0 bridgehead atoms. The number of hydrogen-bond donors (Lipinski definition) is 0. The molecule has 1 aliphatic rings. The molecule has 5 nitrogen and oxygen atoms in total. The number of fused-ring (bicyclic) bond motifs is 2. The Balaban J connectivity index is 1.49. The molecule has 0 aliphatic heterocycles. The molecular weight excluding hydrogens is 362 g/mol. The Morgan fingerprint density at radius 2 is 1.93 bits per heavy atom. The van der Waals surface area contributed by atoms with Gasteiger partial charge in [0.1, 0.15) is 18.1 Å².